The molecule has 0 saturated heterocycles. The lowest BCUT2D eigenvalue weighted by atomic mass is 10.3. The Labute approximate surface area is 96.8 Å². The summed E-state index contributed by atoms with van der Waals surface area (Å²) in [7, 11) is 0. The number of aliphatic hydroxyl groups is 1. The van der Waals surface area contributed by atoms with Crippen LogP contribution in [0.5, 0.6) is 0 Å². The van der Waals surface area contributed by atoms with E-state index in [1.165, 1.54) is 6.07 Å². The molecule has 0 aliphatic carbocycles. The van der Waals surface area contributed by atoms with Gasteiger partial charge in [0.2, 0.25) is 0 Å². The Hall–Kier alpha value is -0.970. The number of carbonyl (C=O) groups is 1. The van der Waals surface area contributed by atoms with Gasteiger partial charge in [-0.2, -0.15) is 0 Å². The molecule has 1 aromatic rings. The number of benzene rings is 1. The minimum absolute atomic E-state index is 0.0585. The van der Waals surface area contributed by atoms with E-state index in [1.807, 2.05) is 0 Å². The van der Waals surface area contributed by atoms with Gasteiger partial charge < -0.3 is 9.84 Å². The average molecular weight is 250 g/mol. The molecule has 2 N–H and O–H groups in total. The van der Waals surface area contributed by atoms with Crippen LogP contribution >= 0.6 is 23.2 Å². The maximum Gasteiger partial charge on any atom is 0.411 e. The summed E-state index contributed by atoms with van der Waals surface area (Å²) in [4.78, 5) is 11.1. The highest BCUT2D eigenvalue weighted by Crippen LogP contribution is 2.25. The molecule has 0 aliphatic heterocycles. The highest BCUT2D eigenvalue weighted by molar-refractivity contribution is 6.36. The van der Waals surface area contributed by atoms with E-state index in [-0.39, 0.29) is 13.2 Å². The second kappa shape index (κ2) is 5.80. The number of hydrogen-bond donors (Lipinski definition) is 2. The van der Waals surface area contributed by atoms with Gasteiger partial charge in [0, 0.05) is 5.02 Å². The third-order valence-electron chi connectivity index (χ3n) is 1.49. The zero-order chi connectivity index (χ0) is 11.3. The van der Waals surface area contributed by atoms with Crippen LogP contribution in [0.4, 0.5) is 10.5 Å². The van der Waals surface area contributed by atoms with Crippen molar-refractivity contribution in [2.45, 2.75) is 0 Å². The Morgan fingerprint density at radius 2 is 2.20 bits per heavy atom. The minimum Gasteiger partial charge on any atom is -0.447 e. The Bertz CT molecular complexity index is 357. The van der Waals surface area contributed by atoms with Crippen molar-refractivity contribution in [1.82, 2.24) is 0 Å². The summed E-state index contributed by atoms with van der Waals surface area (Å²) in [5.74, 6) is 0. The van der Waals surface area contributed by atoms with Crippen LogP contribution in [0, 0.1) is 0 Å². The van der Waals surface area contributed by atoms with Gasteiger partial charge in [0.1, 0.15) is 6.61 Å². The molecule has 0 spiro atoms. The zero-order valence-electron chi connectivity index (χ0n) is 7.67. The number of amides is 1. The van der Waals surface area contributed by atoms with E-state index in [0.29, 0.717) is 15.7 Å². The molecule has 0 aliphatic rings. The molecule has 0 unspecified atom stereocenters. The lowest BCUT2D eigenvalue weighted by Gasteiger charge is -2.07. The van der Waals surface area contributed by atoms with E-state index >= 15 is 0 Å². The summed E-state index contributed by atoms with van der Waals surface area (Å²) in [5, 5.41) is 11.6. The largest absolute Gasteiger partial charge is 0.447 e. The fraction of sp³-hybridized carbons (Fsp3) is 0.222. The molecule has 15 heavy (non-hydrogen) atoms. The molecule has 4 nitrogen and oxygen atoms in total. The zero-order valence-corrected chi connectivity index (χ0v) is 9.18. The molecule has 0 fully saturated rings. The van der Waals surface area contributed by atoms with Crippen molar-refractivity contribution in [1.29, 1.82) is 0 Å². The molecule has 0 bridgehead atoms. The van der Waals surface area contributed by atoms with Gasteiger partial charge in [-0.25, -0.2) is 4.79 Å². The smallest absolute Gasteiger partial charge is 0.411 e. The second-order valence-corrected chi connectivity index (χ2v) is 3.45. The summed E-state index contributed by atoms with van der Waals surface area (Å²) in [6.45, 7) is -0.279. The monoisotopic (exact) mass is 249 g/mol. The number of halogens is 2. The van der Waals surface area contributed by atoms with Gasteiger partial charge >= 0.3 is 6.09 Å². The van der Waals surface area contributed by atoms with Crippen LogP contribution in [0.15, 0.2) is 18.2 Å². The topological polar surface area (TPSA) is 58.6 Å². The first-order chi connectivity index (χ1) is 7.13. The SMILES string of the molecule is O=C(Nc1ccc(Cl)cc1Cl)OCCO. The summed E-state index contributed by atoms with van der Waals surface area (Å²) < 4.78 is 4.59. The van der Waals surface area contributed by atoms with E-state index in [4.69, 9.17) is 28.3 Å². The molecule has 0 aromatic heterocycles. The van der Waals surface area contributed by atoms with Crippen LogP contribution in [0.2, 0.25) is 10.0 Å². The molecule has 0 saturated carbocycles. The summed E-state index contributed by atoms with van der Waals surface area (Å²) in [5.41, 5.74) is 0.406. The van der Waals surface area contributed by atoms with Gasteiger partial charge in [-0.15, -0.1) is 0 Å². The highest BCUT2D eigenvalue weighted by Gasteiger charge is 2.06. The lowest BCUT2D eigenvalue weighted by molar-refractivity contribution is 0.131. The second-order valence-electron chi connectivity index (χ2n) is 2.61. The minimum atomic E-state index is -0.673. The molecule has 82 valence electrons. The molecular formula is C9H9Cl2NO3. The number of nitrogens with one attached hydrogen (secondary N) is 1. The summed E-state index contributed by atoms with van der Waals surface area (Å²) in [6.07, 6.45) is -0.673. The van der Waals surface area contributed by atoms with Crippen molar-refractivity contribution < 1.29 is 14.6 Å². The molecule has 0 heterocycles. The Kier molecular flexibility index (Phi) is 4.68. The first kappa shape index (κ1) is 12.1. The van der Waals surface area contributed by atoms with Crippen LogP contribution < -0.4 is 5.32 Å². The van der Waals surface area contributed by atoms with E-state index in [0.717, 1.165) is 0 Å². The molecule has 0 atom stereocenters. The van der Waals surface area contributed by atoms with Crippen molar-refractivity contribution in [3.8, 4) is 0 Å². The van der Waals surface area contributed by atoms with Crippen LogP contribution in [0.3, 0.4) is 0 Å². The fourth-order valence-electron chi connectivity index (χ4n) is 0.875. The van der Waals surface area contributed by atoms with Gasteiger partial charge in [-0.1, -0.05) is 23.2 Å². The predicted molar refractivity (Wildman–Crippen MR) is 58.5 cm³/mol. The highest BCUT2D eigenvalue weighted by atomic mass is 35.5. The van der Waals surface area contributed by atoms with E-state index in [2.05, 4.69) is 10.1 Å². The van der Waals surface area contributed by atoms with E-state index < -0.39 is 6.09 Å². The number of aliphatic hydroxyl groups excluding tert-OH is 1. The molecule has 0 radical (unpaired) electrons. The van der Waals surface area contributed by atoms with E-state index in [9.17, 15) is 4.79 Å². The van der Waals surface area contributed by atoms with Crippen LogP contribution in [-0.4, -0.2) is 24.4 Å². The number of carbonyl (C=O) groups excluding carboxylic acids is 1. The van der Waals surface area contributed by atoms with Gasteiger partial charge in [-0.05, 0) is 18.2 Å². The number of rotatable bonds is 3. The van der Waals surface area contributed by atoms with Gasteiger partial charge in [0.15, 0.2) is 0 Å². The molecular weight excluding hydrogens is 241 g/mol. The van der Waals surface area contributed by atoms with Gasteiger partial charge in [-0.3, -0.25) is 5.32 Å². The number of ether oxygens (including phenoxy) is 1. The first-order valence-corrected chi connectivity index (χ1v) is 4.89. The van der Waals surface area contributed by atoms with Crippen LogP contribution in [0.25, 0.3) is 0 Å². The normalized spacial score (nSPS) is 9.80. The van der Waals surface area contributed by atoms with Crippen molar-refractivity contribution in [3.63, 3.8) is 0 Å². The summed E-state index contributed by atoms with van der Waals surface area (Å²) in [6, 6.07) is 4.66. The predicted octanol–water partition coefficient (Wildman–Crippen LogP) is 2.53. The van der Waals surface area contributed by atoms with Crippen molar-refractivity contribution in [3.05, 3.63) is 28.2 Å². The quantitative estimate of drug-likeness (QED) is 0.866. The van der Waals surface area contributed by atoms with Crippen LogP contribution in [-0.2, 0) is 4.74 Å². The van der Waals surface area contributed by atoms with Crippen LogP contribution in [0.1, 0.15) is 0 Å². The maximum absolute atomic E-state index is 11.1. The third kappa shape index (κ3) is 3.95. The summed E-state index contributed by atoms with van der Waals surface area (Å²) >= 11 is 11.5. The lowest BCUT2D eigenvalue weighted by Crippen LogP contribution is -2.15. The van der Waals surface area contributed by atoms with Gasteiger partial charge in [0.05, 0.1) is 17.3 Å². The fourth-order valence-corrected chi connectivity index (χ4v) is 1.33. The Morgan fingerprint density at radius 3 is 2.80 bits per heavy atom. The van der Waals surface area contributed by atoms with E-state index in [1.54, 1.807) is 12.1 Å². The Balaban J connectivity index is 2.60. The molecule has 1 amide bonds. The average Bonchev–Trinajstić information content (AvgIpc) is 2.19. The number of hydrogen-bond acceptors (Lipinski definition) is 3. The maximum atomic E-state index is 11.1. The number of anilines is 1. The standard InChI is InChI=1S/C9H9Cl2NO3/c10-6-1-2-8(7(11)5-6)12-9(14)15-4-3-13/h1-2,5,13H,3-4H2,(H,12,14). The molecule has 1 rings (SSSR count). The van der Waals surface area contributed by atoms with Crippen molar-refractivity contribution in [2.75, 3.05) is 18.5 Å². The first-order valence-electron chi connectivity index (χ1n) is 4.13. The Morgan fingerprint density at radius 1 is 1.47 bits per heavy atom. The molecule has 1 aromatic carbocycles. The van der Waals surface area contributed by atoms with Gasteiger partial charge in [0.25, 0.3) is 0 Å². The van der Waals surface area contributed by atoms with Crippen molar-refractivity contribution in [2.24, 2.45) is 0 Å². The third-order valence-corrected chi connectivity index (χ3v) is 2.04. The molecule has 6 heteroatoms. The van der Waals surface area contributed by atoms with Crippen molar-refractivity contribution >= 4 is 35.0 Å².